The van der Waals surface area contributed by atoms with Crippen LogP contribution in [0.4, 0.5) is 0 Å². The maximum Gasteiger partial charge on any atom is 0.246 e. The van der Waals surface area contributed by atoms with Crippen LogP contribution in [0.2, 0.25) is 0 Å². The van der Waals surface area contributed by atoms with E-state index in [2.05, 4.69) is 24.2 Å². The number of likely N-dealkylation sites (tertiary alicyclic amines) is 1. The molecule has 20 heavy (non-hydrogen) atoms. The molecule has 0 bridgehead atoms. The first-order chi connectivity index (χ1) is 9.32. The van der Waals surface area contributed by atoms with Gasteiger partial charge in [0, 0.05) is 12.6 Å². The van der Waals surface area contributed by atoms with E-state index >= 15 is 0 Å². The number of nitrogens with one attached hydrogen (secondary N) is 1. The summed E-state index contributed by atoms with van der Waals surface area (Å²) in [5.74, 6) is 0.602. The fourth-order valence-corrected chi connectivity index (χ4v) is 3.47. The third-order valence-electron chi connectivity index (χ3n) is 4.70. The zero-order valence-electron chi connectivity index (χ0n) is 13.2. The Morgan fingerprint density at radius 2 is 1.90 bits per heavy atom. The highest BCUT2D eigenvalue weighted by Gasteiger charge is 2.44. The molecule has 4 unspecified atom stereocenters. The maximum atomic E-state index is 12.7. The van der Waals surface area contributed by atoms with E-state index in [1.54, 1.807) is 0 Å². The average Bonchev–Trinajstić information content (AvgIpc) is 2.36. The summed E-state index contributed by atoms with van der Waals surface area (Å²) in [6.45, 7) is 9.95. The number of nitrogens with zero attached hydrogens (tertiary/aromatic N) is 2. The lowest BCUT2D eigenvalue weighted by atomic mass is 9.88. The van der Waals surface area contributed by atoms with Crippen LogP contribution in [0.15, 0.2) is 0 Å². The largest absolute Gasteiger partial charge is 0.342 e. The van der Waals surface area contributed by atoms with Gasteiger partial charge in [-0.05, 0) is 38.8 Å². The normalized spacial score (nSPS) is 36.4. The number of piperazine rings is 1. The number of rotatable bonds is 2. The summed E-state index contributed by atoms with van der Waals surface area (Å²) < 4.78 is 0. The van der Waals surface area contributed by atoms with E-state index in [1.807, 2.05) is 25.7 Å². The Kier molecular flexibility index (Phi) is 4.37. The molecule has 5 nitrogen and oxygen atoms in total. The van der Waals surface area contributed by atoms with Gasteiger partial charge in [0.25, 0.3) is 0 Å². The van der Waals surface area contributed by atoms with Crippen LogP contribution in [-0.2, 0) is 9.59 Å². The van der Waals surface area contributed by atoms with Crippen molar-refractivity contribution in [3.05, 3.63) is 0 Å². The molecule has 0 aromatic heterocycles. The van der Waals surface area contributed by atoms with E-state index in [4.69, 9.17) is 0 Å². The highest BCUT2D eigenvalue weighted by atomic mass is 16.2. The molecule has 2 saturated heterocycles. The van der Waals surface area contributed by atoms with Gasteiger partial charge in [-0.2, -0.15) is 0 Å². The highest BCUT2D eigenvalue weighted by Crippen LogP contribution is 2.27. The van der Waals surface area contributed by atoms with Crippen molar-refractivity contribution in [2.75, 3.05) is 20.1 Å². The molecule has 0 aromatic rings. The molecule has 2 rings (SSSR count). The predicted molar refractivity (Wildman–Crippen MR) is 78.1 cm³/mol. The molecule has 5 heteroatoms. The molecule has 0 aromatic carbocycles. The van der Waals surface area contributed by atoms with E-state index < -0.39 is 0 Å². The molecule has 2 heterocycles. The Bertz CT molecular complexity index is 397. The van der Waals surface area contributed by atoms with Crippen LogP contribution in [-0.4, -0.2) is 59.9 Å². The second-order valence-electron chi connectivity index (χ2n) is 6.75. The maximum absolute atomic E-state index is 12.7. The van der Waals surface area contributed by atoms with Crippen molar-refractivity contribution in [3.63, 3.8) is 0 Å². The third-order valence-corrected chi connectivity index (χ3v) is 4.70. The van der Waals surface area contributed by atoms with Crippen molar-refractivity contribution in [3.8, 4) is 0 Å². The van der Waals surface area contributed by atoms with Gasteiger partial charge in [-0.15, -0.1) is 0 Å². The van der Waals surface area contributed by atoms with Crippen LogP contribution in [0.5, 0.6) is 0 Å². The third kappa shape index (κ3) is 2.68. The van der Waals surface area contributed by atoms with Gasteiger partial charge >= 0.3 is 0 Å². The summed E-state index contributed by atoms with van der Waals surface area (Å²) >= 11 is 0. The minimum atomic E-state index is -0.370. The Balaban J connectivity index is 2.22. The number of carbonyl (C=O) groups excluding carboxylic acids is 2. The zero-order valence-corrected chi connectivity index (χ0v) is 13.2. The Morgan fingerprint density at radius 3 is 2.45 bits per heavy atom. The van der Waals surface area contributed by atoms with E-state index in [0.29, 0.717) is 5.92 Å². The first-order valence-electron chi connectivity index (χ1n) is 7.64. The molecule has 2 aliphatic heterocycles. The molecule has 0 saturated carbocycles. The molecule has 4 atom stereocenters. The van der Waals surface area contributed by atoms with Crippen molar-refractivity contribution in [2.45, 2.75) is 52.2 Å². The summed E-state index contributed by atoms with van der Waals surface area (Å²) in [6, 6.07) is -0.542. The van der Waals surface area contributed by atoms with Gasteiger partial charge in [-0.25, -0.2) is 0 Å². The van der Waals surface area contributed by atoms with Crippen molar-refractivity contribution in [1.82, 2.24) is 15.1 Å². The lowest BCUT2D eigenvalue weighted by Crippen LogP contribution is -2.68. The molecule has 0 radical (unpaired) electrons. The first-order valence-corrected chi connectivity index (χ1v) is 7.64. The number of piperidine rings is 1. The second-order valence-corrected chi connectivity index (χ2v) is 6.75. The topological polar surface area (TPSA) is 52.7 Å². The monoisotopic (exact) mass is 281 g/mol. The summed E-state index contributed by atoms with van der Waals surface area (Å²) in [7, 11) is 2.11. The van der Waals surface area contributed by atoms with Gasteiger partial charge in [-0.3, -0.25) is 9.59 Å². The number of hydrogen-bond acceptors (Lipinski definition) is 3. The van der Waals surface area contributed by atoms with Gasteiger partial charge in [0.1, 0.15) is 12.1 Å². The first kappa shape index (κ1) is 15.3. The summed E-state index contributed by atoms with van der Waals surface area (Å²) in [4.78, 5) is 29.1. The van der Waals surface area contributed by atoms with Crippen LogP contribution in [0.1, 0.15) is 34.1 Å². The van der Waals surface area contributed by atoms with Crippen LogP contribution in [0.3, 0.4) is 0 Å². The quantitative estimate of drug-likeness (QED) is 0.810. The number of carbonyl (C=O) groups is 2. The summed E-state index contributed by atoms with van der Waals surface area (Å²) in [5, 5.41) is 2.87. The summed E-state index contributed by atoms with van der Waals surface area (Å²) in [5.41, 5.74) is 0. The van der Waals surface area contributed by atoms with Crippen molar-refractivity contribution in [1.29, 1.82) is 0 Å². The van der Waals surface area contributed by atoms with E-state index in [1.165, 1.54) is 0 Å². The second kappa shape index (κ2) is 5.72. The van der Waals surface area contributed by atoms with Crippen LogP contribution in [0, 0.1) is 11.8 Å². The molecule has 2 fully saturated rings. The number of hydrogen-bond donors (Lipinski definition) is 1. The molecule has 2 aliphatic rings. The van der Waals surface area contributed by atoms with E-state index in [-0.39, 0.29) is 35.9 Å². The van der Waals surface area contributed by atoms with Crippen LogP contribution < -0.4 is 5.32 Å². The SMILES string of the molecule is CC(C)C1NC(=O)C(C)N(C2CCN(C)CC2C)C1=O. The predicted octanol–water partition coefficient (Wildman–Crippen LogP) is 0.698. The van der Waals surface area contributed by atoms with Gasteiger partial charge in [0.2, 0.25) is 11.8 Å². The van der Waals surface area contributed by atoms with Crippen molar-refractivity contribution in [2.24, 2.45) is 11.8 Å². The molecule has 1 N–H and O–H groups in total. The zero-order chi connectivity index (χ0) is 15.0. The summed E-state index contributed by atoms with van der Waals surface area (Å²) in [6.07, 6.45) is 0.950. The van der Waals surface area contributed by atoms with Crippen molar-refractivity contribution < 1.29 is 9.59 Å². The smallest absolute Gasteiger partial charge is 0.246 e. The minimum Gasteiger partial charge on any atom is -0.342 e. The van der Waals surface area contributed by atoms with Crippen LogP contribution in [0.25, 0.3) is 0 Å². The Hall–Kier alpha value is -1.10. The fourth-order valence-electron chi connectivity index (χ4n) is 3.47. The van der Waals surface area contributed by atoms with E-state index in [9.17, 15) is 9.59 Å². The standard InChI is InChI=1S/C15H27N3O2/c1-9(2)13-15(20)18(11(4)14(19)16-13)12-6-7-17(5)8-10(12)3/h9-13H,6-8H2,1-5H3,(H,16,19). The molecular weight excluding hydrogens is 254 g/mol. The molecule has 0 aliphatic carbocycles. The molecular formula is C15H27N3O2. The van der Waals surface area contributed by atoms with Gasteiger partial charge < -0.3 is 15.1 Å². The van der Waals surface area contributed by atoms with Gasteiger partial charge in [0.05, 0.1) is 0 Å². The molecule has 0 spiro atoms. The van der Waals surface area contributed by atoms with E-state index in [0.717, 1.165) is 19.5 Å². The van der Waals surface area contributed by atoms with Gasteiger partial charge in [-0.1, -0.05) is 20.8 Å². The lowest BCUT2D eigenvalue weighted by molar-refractivity contribution is -0.155. The fraction of sp³-hybridized carbons (Fsp3) is 0.867. The highest BCUT2D eigenvalue weighted by molar-refractivity contribution is 5.97. The Morgan fingerprint density at radius 1 is 1.25 bits per heavy atom. The average molecular weight is 281 g/mol. The van der Waals surface area contributed by atoms with Crippen LogP contribution >= 0.6 is 0 Å². The molecule has 2 amide bonds. The number of amides is 2. The lowest BCUT2D eigenvalue weighted by Gasteiger charge is -2.48. The van der Waals surface area contributed by atoms with Gasteiger partial charge in [0.15, 0.2) is 0 Å². The molecule has 114 valence electrons. The van der Waals surface area contributed by atoms with Crippen molar-refractivity contribution >= 4 is 11.8 Å². The minimum absolute atomic E-state index is 0.0190. The Labute approximate surface area is 121 Å².